The van der Waals surface area contributed by atoms with Crippen LogP contribution in [0.15, 0.2) is 23.5 Å². The standard InChI is InChI=1S/C9H17NO/c1-7(2)9(6-10-4)8(3)11-5/h10H,1,6H2,2-5H3. The van der Waals surface area contributed by atoms with Crippen LogP contribution in [-0.4, -0.2) is 20.7 Å². The molecule has 1 N–H and O–H groups in total. The van der Waals surface area contributed by atoms with E-state index in [1.165, 1.54) is 0 Å². The van der Waals surface area contributed by atoms with Crippen LogP contribution < -0.4 is 5.32 Å². The molecule has 0 amide bonds. The summed E-state index contributed by atoms with van der Waals surface area (Å²) in [4.78, 5) is 0. The number of hydrogen-bond acceptors (Lipinski definition) is 2. The third-order valence-electron chi connectivity index (χ3n) is 1.60. The van der Waals surface area contributed by atoms with Crippen LogP contribution in [0.5, 0.6) is 0 Å². The largest absolute Gasteiger partial charge is 0.501 e. The Balaban J connectivity index is 4.43. The van der Waals surface area contributed by atoms with Gasteiger partial charge in [0.2, 0.25) is 0 Å². The molecule has 0 saturated heterocycles. The van der Waals surface area contributed by atoms with E-state index in [-0.39, 0.29) is 0 Å². The summed E-state index contributed by atoms with van der Waals surface area (Å²) in [5.74, 6) is 0.937. The first-order chi connectivity index (χ1) is 5.13. The van der Waals surface area contributed by atoms with Gasteiger partial charge in [-0.05, 0) is 20.9 Å². The highest BCUT2D eigenvalue weighted by Crippen LogP contribution is 2.11. The van der Waals surface area contributed by atoms with E-state index in [9.17, 15) is 0 Å². The minimum atomic E-state index is 0.814. The van der Waals surface area contributed by atoms with E-state index in [0.29, 0.717) is 0 Å². The van der Waals surface area contributed by atoms with Crippen LogP contribution in [0, 0.1) is 0 Å². The van der Waals surface area contributed by atoms with Gasteiger partial charge in [0.25, 0.3) is 0 Å². The molecule has 0 aliphatic rings. The van der Waals surface area contributed by atoms with Crippen molar-refractivity contribution in [3.63, 3.8) is 0 Å². The zero-order valence-electron chi connectivity index (χ0n) is 7.82. The second-order valence-electron chi connectivity index (χ2n) is 2.55. The Bertz CT molecular complexity index is 170. The van der Waals surface area contributed by atoms with Crippen molar-refractivity contribution in [1.82, 2.24) is 5.32 Å². The molecule has 0 aromatic heterocycles. The molecule has 64 valence electrons. The monoisotopic (exact) mass is 155 g/mol. The first kappa shape index (κ1) is 10.2. The summed E-state index contributed by atoms with van der Waals surface area (Å²) >= 11 is 0. The zero-order chi connectivity index (χ0) is 8.85. The molecule has 0 fully saturated rings. The molecule has 2 nitrogen and oxygen atoms in total. The van der Waals surface area contributed by atoms with Crippen molar-refractivity contribution < 1.29 is 4.74 Å². The Morgan fingerprint density at radius 3 is 2.27 bits per heavy atom. The van der Waals surface area contributed by atoms with Gasteiger partial charge in [0.1, 0.15) is 0 Å². The van der Waals surface area contributed by atoms with Gasteiger partial charge in [-0.2, -0.15) is 0 Å². The lowest BCUT2D eigenvalue weighted by atomic mass is 10.1. The van der Waals surface area contributed by atoms with E-state index in [2.05, 4.69) is 11.9 Å². The molecule has 0 radical (unpaired) electrons. The molecule has 0 heterocycles. The van der Waals surface area contributed by atoms with Gasteiger partial charge in [0.05, 0.1) is 12.9 Å². The molecule has 0 aromatic carbocycles. The van der Waals surface area contributed by atoms with E-state index >= 15 is 0 Å². The fraction of sp³-hybridized carbons (Fsp3) is 0.556. The number of methoxy groups -OCH3 is 1. The molecule has 0 rings (SSSR count). The Hall–Kier alpha value is -0.760. The molecule has 0 aromatic rings. The highest BCUT2D eigenvalue weighted by molar-refractivity contribution is 5.29. The van der Waals surface area contributed by atoms with E-state index < -0.39 is 0 Å². The van der Waals surface area contributed by atoms with E-state index in [0.717, 1.165) is 23.5 Å². The van der Waals surface area contributed by atoms with Crippen LogP contribution in [0.2, 0.25) is 0 Å². The Labute approximate surface area is 68.9 Å². The van der Waals surface area contributed by atoms with Gasteiger partial charge in [-0.15, -0.1) is 0 Å². The molecule has 11 heavy (non-hydrogen) atoms. The molecular weight excluding hydrogens is 138 g/mol. The summed E-state index contributed by atoms with van der Waals surface area (Å²) in [5, 5.41) is 3.07. The topological polar surface area (TPSA) is 21.3 Å². The van der Waals surface area contributed by atoms with Crippen LogP contribution in [0.4, 0.5) is 0 Å². The summed E-state index contributed by atoms with van der Waals surface area (Å²) in [7, 11) is 3.58. The molecule has 0 saturated carbocycles. The maximum atomic E-state index is 5.10. The van der Waals surface area contributed by atoms with Crippen molar-refractivity contribution in [1.29, 1.82) is 0 Å². The summed E-state index contributed by atoms with van der Waals surface area (Å²) in [5.41, 5.74) is 2.20. The smallest absolute Gasteiger partial charge is 0.0971 e. The molecule has 0 aliphatic carbocycles. The quantitative estimate of drug-likeness (QED) is 0.493. The Morgan fingerprint density at radius 2 is 2.00 bits per heavy atom. The average molecular weight is 155 g/mol. The number of rotatable bonds is 4. The number of hydrogen-bond donors (Lipinski definition) is 1. The van der Waals surface area contributed by atoms with Crippen molar-refractivity contribution in [2.45, 2.75) is 13.8 Å². The summed E-state index contributed by atoms with van der Waals surface area (Å²) in [6.07, 6.45) is 0. The first-order valence-electron chi connectivity index (χ1n) is 3.67. The average Bonchev–Trinajstić information content (AvgIpc) is 1.98. The lowest BCUT2D eigenvalue weighted by molar-refractivity contribution is 0.288. The zero-order valence-corrected chi connectivity index (χ0v) is 7.82. The number of likely N-dealkylation sites (N-methyl/N-ethyl adjacent to an activating group) is 1. The third kappa shape index (κ3) is 3.23. The van der Waals surface area contributed by atoms with Crippen molar-refractivity contribution in [2.24, 2.45) is 0 Å². The lowest BCUT2D eigenvalue weighted by Crippen LogP contribution is -2.12. The van der Waals surface area contributed by atoms with Crippen LogP contribution in [0.25, 0.3) is 0 Å². The van der Waals surface area contributed by atoms with Gasteiger partial charge in [0, 0.05) is 12.1 Å². The van der Waals surface area contributed by atoms with Crippen molar-refractivity contribution in [2.75, 3.05) is 20.7 Å². The highest BCUT2D eigenvalue weighted by Gasteiger charge is 2.01. The van der Waals surface area contributed by atoms with Gasteiger partial charge >= 0.3 is 0 Å². The maximum absolute atomic E-state index is 5.10. The second-order valence-corrected chi connectivity index (χ2v) is 2.55. The van der Waals surface area contributed by atoms with E-state index in [1.54, 1.807) is 7.11 Å². The Morgan fingerprint density at radius 1 is 1.45 bits per heavy atom. The normalized spacial score (nSPS) is 12.4. The fourth-order valence-electron chi connectivity index (χ4n) is 0.876. The summed E-state index contributed by atoms with van der Waals surface area (Å²) in [6, 6.07) is 0. The second kappa shape index (κ2) is 4.97. The summed E-state index contributed by atoms with van der Waals surface area (Å²) in [6.45, 7) is 8.61. The van der Waals surface area contributed by atoms with E-state index in [4.69, 9.17) is 4.74 Å². The van der Waals surface area contributed by atoms with Crippen molar-refractivity contribution in [3.05, 3.63) is 23.5 Å². The maximum Gasteiger partial charge on any atom is 0.0971 e. The molecule has 0 aliphatic heterocycles. The van der Waals surface area contributed by atoms with Gasteiger partial charge in [-0.25, -0.2) is 0 Å². The van der Waals surface area contributed by atoms with Gasteiger partial charge in [-0.1, -0.05) is 12.2 Å². The molecule has 2 heteroatoms. The van der Waals surface area contributed by atoms with Crippen molar-refractivity contribution in [3.8, 4) is 0 Å². The van der Waals surface area contributed by atoms with Crippen LogP contribution in [0.3, 0.4) is 0 Å². The number of ether oxygens (including phenoxy) is 1. The predicted octanol–water partition coefficient (Wildman–Crippen LogP) is 1.70. The predicted molar refractivity (Wildman–Crippen MR) is 48.4 cm³/mol. The number of nitrogens with one attached hydrogen (secondary N) is 1. The molecule has 0 spiro atoms. The van der Waals surface area contributed by atoms with Crippen LogP contribution >= 0.6 is 0 Å². The van der Waals surface area contributed by atoms with Crippen LogP contribution in [-0.2, 0) is 4.74 Å². The minimum absolute atomic E-state index is 0.814. The minimum Gasteiger partial charge on any atom is -0.501 e. The molecule has 0 unspecified atom stereocenters. The number of allylic oxidation sites excluding steroid dienone is 1. The molecule has 0 bridgehead atoms. The van der Waals surface area contributed by atoms with Crippen molar-refractivity contribution >= 4 is 0 Å². The van der Waals surface area contributed by atoms with Gasteiger partial charge < -0.3 is 10.1 Å². The Kier molecular flexibility index (Phi) is 4.62. The third-order valence-corrected chi connectivity index (χ3v) is 1.60. The fourth-order valence-corrected chi connectivity index (χ4v) is 0.876. The highest BCUT2D eigenvalue weighted by atomic mass is 16.5. The van der Waals surface area contributed by atoms with Gasteiger partial charge in [0.15, 0.2) is 0 Å². The summed E-state index contributed by atoms with van der Waals surface area (Å²) < 4.78 is 5.10. The lowest BCUT2D eigenvalue weighted by Gasteiger charge is -2.10. The molecule has 0 atom stereocenters. The molecular formula is C9H17NO. The van der Waals surface area contributed by atoms with Gasteiger partial charge in [-0.3, -0.25) is 0 Å². The SMILES string of the molecule is C=C(C)C(CNC)=C(C)OC. The first-order valence-corrected chi connectivity index (χ1v) is 3.67. The van der Waals surface area contributed by atoms with E-state index in [1.807, 2.05) is 20.9 Å². The van der Waals surface area contributed by atoms with Crippen LogP contribution in [0.1, 0.15) is 13.8 Å².